The third-order valence-electron chi connectivity index (χ3n) is 3.05. The van der Waals surface area contributed by atoms with E-state index in [2.05, 4.69) is 22.2 Å². The Morgan fingerprint density at radius 1 is 1.32 bits per heavy atom. The van der Waals surface area contributed by atoms with E-state index in [9.17, 15) is 8.42 Å². The number of sulfone groups is 1. The van der Waals surface area contributed by atoms with Crippen molar-refractivity contribution in [3.05, 3.63) is 11.9 Å². The highest BCUT2D eigenvalue weighted by Gasteiger charge is 2.22. The average Bonchev–Trinajstić information content (AvgIpc) is 2.35. The zero-order chi connectivity index (χ0) is 13.9. The van der Waals surface area contributed by atoms with Crippen molar-refractivity contribution >= 4 is 21.5 Å². The predicted octanol–water partition coefficient (Wildman–Crippen LogP) is 0.842. The summed E-state index contributed by atoms with van der Waals surface area (Å²) in [7, 11) is -2.86. The van der Waals surface area contributed by atoms with Gasteiger partial charge in [-0.2, -0.15) is 0 Å². The van der Waals surface area contributed by atoms with Gasteiger partial charge in [-0.05, 0) is 13.3 Å². The van der Waals surface area contributed by atoms with E-state index in [1.54, 1.807) is 0 Å². The molecule has 0 aliphatic carbocycles. The zero-order valence-electron chi connectivity index (χ0n) is 11.4. The Hall–Kier alpha value is -1.37. The van der Waals surface area contributed by atoms with Crippen molar-refractivity contribution in [3.8, 4) is 0 Å². The Morgan fingerprint density at radius 3 is 2.63 bits per heavy atom. The fourth-order valence-electron chi connectivity index (χ4n) is 2.00. The van der Waals surface area contributed by atoms with Crippen LogP contribution in [0.25, 0.3) is 0 Å². The number of aromatic nitrogens is 2. The van der Waals surface area contributed by atoms with Crippen LogP contribution in [0.3, 0.4) is 0 Å². The second kappa shape index (κ2) is 5.73. The molecule has 19 heavy (non-hydrogen) atoms. The molecule has 1 fully saturated rings. The smallest absolute Gasteiger partial charge is 0.153 e. The molecule has 2 heterocycles. The minimum Gasteiger partial charge on any atom is -0.370 e. The van der Waals surface area contributed by atoms with Crippen LogP contribution in [0.15, 0.2) is 6.07 Å². The normalized spacial score (nSPS) is 18.3. The van der Waals surface area contributed by atoms with Gasteiger partial charge in [-0.15, -0.1) is 0 Å². The van der Waals surface area contributed by atoms with Crippen molar-refractivity contribution in [2.24, 2.45) is 0 Å². The van der Waals surface area contributed by atoms with E-state index >= 15 is 0 Å². The number of rotatable bonds is 4. The average molecular weight is 284 g/mol. The summed E-state index contributed by atoms with van der Waals surface area (Å²) >= 11 is 0. The second-order valence-corrected chi connectivity index (χ2v) is 7.03. The van der Waals surface area contributed by atoms with E-state index in [1.165, 1.54) is 0 Å². The van der Waals surface area contributed by atoms with Crippen molar-refractivity contribution in [1.29, 1.82) is 0 Å². The van der Waals surface area contributed by atoms with Crippen LogP contribution in [0.2, 0.25) is 0 Å². The molecular weight excluding hydrogens is 264 g/mol. The molecule has 106 valence electrons. The summed E-state index contributed by atoms with van der Waals surface area (Å²) in [6, 6.07) is 1.89. The Labute approximate surface area is 114 Å². The summed E-state index contributed by atoms with van der Waals surface area (Å²) in [5.74, 6) is 2.71. The molecule has 1 aliphatic rings. The van der Waals surface area contributed by atoms with Gasteiger partial charge in [0.15, 0.2) is 9.84 Å². The van der Waals surface area contributed by atoms with Crippen molar-refractivity contribution < 1.29 is 8.42 Å². The Kier molecular flexibility index (Phi) is 4.24. The van der Waals surface area contributed by atoms with Crippen LogP contribution in [-0.4, -0.2) is 49.5 Å². The van der Waals surface area contributed by atoms with E-state index < -0.39 is 9.84 Å². The Balaban J connectivity index is 2.13. The first-order valence-electron chi connectivity index (χ1n) is 6.55. The van der Waals surface area contributed by atoms with Crippen LogP contribution in [0.1, 0.15) is 19.2 Å². The topological polar surface area (TPSA) is 75.2 Å². The van der Waals surface area contributed by atoms with Gasteiger partial charge >= 0.3 is 0 Å². The first-order valence-corrected chi connectivity index (χ1v) is 8.37. The van der Waals surface area contributed by atoms with Gasteiger partial charge in [0.2, 0.25) is 0 Å². The molecule has 1 aliphatic heterocycles. The summed E-state index contributed by atoms with van der Waals surface area (Å²) in [6.45, 7) is 5.82. The van der Waals surface area contributed by atoms with Gasteiger partial charge in [0.25, 0.3) is 0 Å². The number of hydrogen-bond acceptors (Lipinski definition) is 6. The Morgan fingerprint density at radius 2 is 2.00 bits per heavy atom. The first kappa shape index (κ1) is 14.0. The molecule has 0 spiro atoms. The quantitative estimate of drug-likeness (QED) is 0.883. The van der Waals surface area contributed by atoms with Gasteiger partial charge in [-0.1, -0.05) is 6.92 Å². The third kappa shape index (κ3) is 3.79. The molecule has 1 aromatic rings. The highest BCUT2D eigenvalue weighted by Crippen LogP contribution is 2.18. The number of aryl methyl sites for hydroxylation is 1. The maximum atomic E-state index is 11.4. The van der Waals surface area contributed by atoms with Gasteiger partial charge in [0, 0.05) is 25.7 Å². The lowest BCUT2D eigenvalue weighted by atomic mass is 10.4. The largest absolute Gasteiger partial charge is 0.370 e. The summed E-state index contributed by atoms with van der Waals surface area (Å²) in [6.07, 6.45) is 1.03. The minimum atomic E-state index is -2.86. The van der Waals surface area contributed by atoms with Crippen molar-refractivity contribution in [1.82, 2.24) is 9.97 Å². The van der Waals surface area contributed by atoms with E-state index in [0.717, 1.165) is 24.6 Å². The van der Waals surface area contributed by atoms with Crippen LogP contribution in [0.5, 0.6) is 0 Å². The van der Waals surface area contributed by atoms with E-state index in [-0.39, 0.29) is 11.5 Å². The summed E-state index contributed by atoms with van der Waals surface area (Å²) in [4.78, 5) is 10.7. The molecule has 0 unspecified atom stereocenters. The third-order valence-corrected chi connectivity index (χ3v) is 4.66. The van der Waals surface area contributed by atoms with Gasteiger partial charge < -0.3 is 10.2 Å². The molecular formula is C12H20N4O2S. The van der Waals surface area contributed by atoms with Crippen molar-refractivity contribution in [3.63, 3.8) is 0 Å². The molecule has 2 rings (SSSR count). The first-order chi connectivity index (χ1) is 9.00. The highest BCUT2D eigenvalue weighted by atomic mass is 32.2. The fraction of sp³-hybridized carbons (Fsp3) is 0.667. The second-order valence-electron chi connectivity index (χ2n) is 4.72. The standard InChI is InChI=1S/C12H20N4O2S/c1-3-4-13-11-9-12(15-10(2)14-11)16-5-7-19(17,18)8-6-16/h9H,3-8H2,1-2H3,(H,13,14,15). The molecule has 0 atom stereocenters. The van der Waals surface area contributed by atoms with Crippen LogP contribution >= 0.6 is 0 Å². The molecule has 0 bridgehead atoms. The summed E-state index contributed by atoms with van der Waals surface area (Å²) < 4.78 is 22.9. The van der Waals surface area contributed by atoms with Crippen molar-refractivity contribution in [2.75, 3.05) is 41.4 Å². The zero-order valence-corrected chi connectivity index (χ0v) is 12.2. The van der Waals surface area contributed by atoms with Crippen LogP contribution in [0.4, 0.5) is 11.6 Å². The molecule has 0 saturated carbocycles. The van der Waals surface area contributed by atoms with Crippen molar-refractivity contribution in [2.45, 2.75) is 20.3 Å². The molecule has 1 aromatic heterocycles. The highest BCUT2D eigenvalue weighted by molar-refractivity contribution is 7.91. The minimum absolute atomic E-state index is 0.202. The summed E-state index contributed by atoms with van der Waals surface area (Å²) in [5, 5.41) is 3.23. The SMILES string of the molecule is CCCNc1cc(N2CCS(=O)(=O)CC2)nc(C)n1. The number of hydrogen-bond donors (Lipinski definition) is 1. The van der Waals surface area contributed by atoms with Gasteiger partial charge in [0.1, 0.15) is 17.5 Å². The maximum absolute atomic E-state index is 11.4. The van der Waals surface area contributed by atoms with Gasteiger partial charge in [-0.25, -0.2) is 18.4 Å². The molecule has 0 radical (unpaired) electrons. The fourth-order valence-corrected chi connectivity index (χ4v) is 3.20. The number of anilines is 2. The van der Waals surface area contributed by atoms with Crippen LogP contribution in [-0.2, 0) is 9.84 Å². The molecule has 6 nitrogen and oxygen atoms in total. The molecule has 0 amide bonds. The number of nitrogens with one attached hydrogen (secondary N) is 1. The van der Waals surface area contributed by atoms with Crippen LogP contribution < -0.4 is 10.2 Å². The summed E-state index contributed by atoms with van der Waals surface area (Å²) in [5.41, 5.74) is 0. The molecule has 1 N–H and O–H groups in total. The van der Waals surface area contributed by atoms with Gasteiger partial charge in [-0.3, -0.25) is 0 Å². The lowest BCUT2D eigenvalue weighted by molar-refractivity contribution is 0.586. The molecule has 1 saturated heterocycles. The lowest BCUT2D eigenvalue weighted by Crippen LogP contribution is -2.40. The van der Waals surface area contributed by atoms with Gasteiger partial charge in [0.05, 0.1) is 11.5 Å². The predicted molar refractivity (Wildman–Crippen MR) is 76.4 cm³/mol. The lowest BCUT2D eigenvalue weighted by Gasteiger charge is -2.28. The van der Waals surface area contributed by atoms with Crippen LogP contribution in [0, 0.1) is 6.92 Å². The van der Waals surface area contributed by atoms with E-state index in [0.29, 0.717) is 18.9 Å². The van der Waals surface area contributed by atoms with E-state index in [4.69, 9.17) is 0 Å². The molecule has 7 heteroatoms. The van der Waals surface area contributed by atoms with E-state index in [1.807, 2.05) is 17.9 Å². The monoisotopic (exact) mass is 284 g/mol. The number of nitrogens with zero attached hydrogens (tertiary/aromatic N) is 3. The maximum Gasteiger partial charge on any atom is 0.153 e. The Bertz CT molecular complexity index is 531. The molecule has 0 aromatic carbocycles.